The summed E-state index contributed by atoms with van der Waals surface area (Å²) in [6, 6.07) is 0. The minimum absolute atomic E-state index is 0.121. The molecule has 14 heavy (non-hydrogen) atoms. The highest BCUT2D eigenvalue weighted by atomic mass is 16.7. The molecule has 0 radical (unpaired) electrons. The first kappa shape index (κ1) is 11.2. The number of hydrogen-bond acceptors (Lipinski definition) is 4. The first-order chi connectivity index (χ1) is 6.72. The fourth-order valence-corrected chi connectivity index (χ4v) is 1.63. The van der Waals surface area contributed by atoms with E-state index >= 15 is 0 Å². The van der Waals surface area contributed by atoms with Crippen molar-refractivity contribution >= 4 is 12.3 Å². The fraction of sp³-hybridized carbons (Fsp3) is 0.800. The van der Waals surface area contributed by atoms with Gasteiger partial charge in [0, 0.05) is 6.92 Å². The van der Waals surface area contributed by atoms with E-state index in [1.165, 1.54) is 6.92 Å². The van der Waals surface area contributed by atoms with E-state index in [4.69, 9.17) is 9.47 Å². The second-order valence-electron chi connectivity index (χ2n) is 3.48. The Morgan fingerprint density at radius 2 is 2.14 bits per heavy atom. The van der Waals surface area contributed by atoms with Gasteiger partial charge < -0.3 is 14.3 Å². The molecule has 1 rings (SSSR count). The third-order valence-electron chi connectivity index (χ3n) is 2.23. The summed E-state index contributed by atoms with van der Waals surface area (Å²) in [5.41, 5.74) is 0. The number of ether oxygens (including phenoxy) is 2. The zero-order valence-corrected chi connectivity index (χ0v) is 8.40. The van der Waals surface area contributed by atoms with Crippen molar-refractivity contribution < 1.29 is 19.1 Å². The molecule has 1 aliphatic carbocycles. The maximum atomic E-state index is 10.7. The van der Waals surface area contributed by atoms with E-state index in [-0.39, 0.29) is 12.5 Å². The Labute approximate surface area is 83.6 Å². The van der Waals surface area contributed by atoms with E-state index in [0.29, 0.717) is 6.29 Å². The molecule has 0 saturated heterocycles. The second kappa shape index (κ2) is 5.75. The molecule has 0 heterocycles. The van der Waals surface area contributed by atoms with Crippen LogP contribution in [0, 0.1) is 0 Å². The van der Waals surface area contributed by atoms with Crippen LogP contribution in [0.3, 0.4) is 0 Å². The molecular formula is C10H16O4. The molecule has 0 aliphatic heterocycles. The molecule has 1 atom stereocenters. The number of rotatable bonds is 5. The van der Waals surface area contributed by atoms with Crippen LogP contribution < -0.4 is 0 Å². The zero-order valence-electron chi connectivity index (χ0n) is 8.40. The molecule has 1 aliphatic rings. The summed E-state index contributed by atoms with van der Waals surface area (Å²) in [6.45, 7) is 1.32. The molecule has 0 N–H and O–H groups in total. The highest BCUT2D eigenvalue weighted by molar-refractivity contribution is 5.66. The number of esters is 1. The van der Waals surface area contributed by atoms with E-state index < -0.39 is 12.3 Å². The van der Waals surface area contributed by atoms with Crippen molar-refractivity contribution in [2.24, 2.45) is 0 Å². The predicted molar refractivity (Wildman–Crippen MR) is 49.6 cm³/mol. The second-order valence-corrected chi connectivity index (χ2v) is 3.48. The predicted octanol–water partition coefficient (Wildman–Crippen LogP) is 1.42. The molecule has 4 heteroatoms. The van der Waals surface area contributed by atoms with Gasteiger partial charge in [-0.25, -0.2) is 0 Å². The Hall–Kier alpha value is -0.900. The molecule has 0 spiro atoms. The van der Waals surface area contributed by atoms with Gasteiger partial charge in [0.1, 0.15) is 6.29 Å². The number of carbonyl (C=O) groups is 2. The van der Waals surface area contributed by atoms with E-state index in [0.717, 1.165) is 25.7 Å². The fourth-order valence-electron chi connectivity index (χ4n) is 1.63. The number of aldehydes is 1. The van der Waals surface area contributed by atoms with E-state index in [2.05, 4.69) is 0 Å². The molecule has 1 fully saturated rings. The van der Waals surface area contributed by atoms with Gasteiger partial charge in [-0.05, 0) is 12.8 Å². The summed E-state index contributed by atoms with van der Waals surface area (Å²) in [5.74, 6) is -0.408. The third kappa shape index (κ3) is 3.87. The lowest BCUT2D eigenvalue weighted by Crippen LogP contribution is -2.25. The Bertz CT molecular complexity index is 196. The van der Waals surface area contributed by atoms with Crippen molar-refractivity contribution in [2.75, 3.05) is 0 Å². The van der Waals surface area contributed by atoms with Gasteiger partial charge in [-0.1, -0.05) is 12.8 Å². The smallest absolute Gasteiger partial charge is 0.304 e. The van der Waals surface area contributed by atoms with Crippen molar-refractivity contribution in [3.8, 4) is 0 Å². The van der Waals surface area contributed by atoms with Crippen LogP contribution in [-0.4, -0.2) is 24.6 Å². The summed E-state index contributed by atoms with van der Waals surface area (Å²) in [7, 11) is 0. The van der Waals surface area contributed by atoms with Crippen LogP contribution in [0.25, 0.3) is 0 Å². The van der Waals surface area contributed by atoms with Crippen molar-refractivity contribution in [3.05, 3.63) is 0 Å². The lowest BCUT2D eigenvalue weighted by molar-refractivity contribution is -0.187. The molecule has 0 aromatic carbocycles. The first-order valence-corrected chi connectivity index (χ1v) is 4.98. The SMILES string of the molecule is CC(=O)OC(CC=O)OC1CCCC1. The Kier molecular flexibility index (Phi) is 4.59. The first-order valence-electron chi connectivity index (χ1n) is 4.98. The molecule has 0 bridgehead atoms. The van der Waals surface area contributed by atoms with Crippen LogP contribution in [-0.2, 0) is 19.1 Å². The molecule has 0 aromatic rings. The monoisotopic (exact) mass is 200 g/mol. The summed E-state index contributed by atoms with van der Waals surface area (Å²) in [6.07, 6.45) is 4.59. The molecule has 4 nitrogen and oxygen atoms in total. The van der Waals surface area contributed by atoms with Crippen LogP contribution in [0.15, 0.2) is 0 Å². The highest BCUT2D eigenvalue weighted by Gasteiger charge is 2.21. The van der Waals surface area contributed by atoms with Crippen molar-refractivity contribution in [2.45, 2.75) is 51.4 Å². The Morgan fingerprint density at radius 3 is 2.64 bits per heavy atom. The van der Waals surface area contributed by atoms with E-state index in [1.54, 1.807) is 0 Å². The summed E-state index contributed by atoms with van der Waals surface area (Å²) >= 11 is 0. The van der Waals surface area contributed by atoms with Gasteiger partial charge in [0.25, 0.3) is 0 Å². The van der Waals surface area contributed by atoms with E-state index in [9.17, 15) is 9.59 Å². The van der Waals surface area contributed by atoms with Crippen LogP contribution in [0.2, 0.25) is 0 Å². The molecular weight excluding hydrogens is 184 g/mol. The lowest BCUT2D eigenvalue weighted by Gasteiger charge is -2.19. The van der Waals surface area contributed by atoms with Crippen LogP contribution in [0.5, 0.6) is 0 Å². The zero-order chi connectivity index (χ0) is 10.4. The van der Waals surface area contributed by atoms with Crippen LogP contribution in [0.4, 0.5) is 0 Å². The topological polar surface area (TPSA) is 52.6 Å². The lowest BCUT2D eigenvalue weighted by atomic mass is 10.3. The van der Waals surface area contributed by atoms with Gasteiger partial charge >= 0.3 is 5.97 Å². The number of hydrogen-bond donors (Lipinski definition) is 0. The average molecular weight is 200 g/mol. The molecule has 1 unspecified atom stereocenters. The van der Waals surface area contributed by atoms with Crippen molar-refractivity contribution in [3.63, 3.8) is 0 Å². The van der Waals surface area contributed by atoms with Gasteiger partial charge in [0.2, 0.25) is 6.29 Å². The molecule has 80 valence electrons. The van der Waals surface area contributed by atoms with Gasteiger partial charge in [0.15, 0.2) is 0 Å². The normalized spacial score (nSPS) is 19.2. The molecule has 0 aromatic heterocycles. The maximum absolute atomic E-state index is 10.7. The summed E-state index contributed by atoms with van der Waals surface area (Å²) in [4.78, 5) is 21.0. The third-order valence-corrected chi connectivity index (χ3v) is 2.23. The standard InChI is InChI=1S/C10H16O4/c1-8(12)13-10(6-7-11)14-9-4-2-3-5-9/h7,9-10H,2-6H2,1H3. The van der Waals surface area contributed by atoms with Gasteiger partial charge in [-0.3, -0.25) is 4.79 Å². The van der Waals surface area contributed by atoms with Gasteiger partial charge in [0.05, 0.1) is 12.5 Å². The minimum atomic E-state index is -0.687. The maximum Gasteiger partial charge on any atom is 0.304 e. The van der Waals surface area contributed by atoms with E-state index in [1.807, 2.05) is 0 Å². The van der Waals surface area contributed by atoms with Crippen molar-refractivity contribution in [1.82, 2.24) is 0 Å². The largest absolute Gasteiger partial charge is 0.435 e. The Morgan fingerprint density at radius 1 is 1.50 bits per heavy atom. The number of carbonyl (C=O) groups excluding carboxylic acids is 2. The summed E-state index contributed by atoms with van der Waals surface area (Å²) < 4.78 is 10.3. The van der Waals surface area contributed by atoms with Gasteiger partial charge in [-0.2, -0.15) is 0 Å². The highest BCUT2D eigenvalue weighted by Crippen LogP contribution is 2.23. The van der Waals surface area contributed by atoms with Gasteiger partial charge in [-0.15, -0.1) is 0 Å². The Balaban J connectivity index is 2.32. The quantitative estimate of drug-likeness (QED) is 0.382. The molecule has 1 saturated carbocycles. The summed E-state index contributed by atoms with van der Waals surface area (Å²) in [5, 5.41) is 0. The average Bonchev–Trinajstić information content (AvgIpc) is 2.56. The van der Waals surface area contributed by atoms with Crippen LogP contribution in [0.1, 0.15) is 39.0 Å². The van der Waals surface area contributed by atoms with Crippen molar-refractivity contribution in [1.29, 1.82) is 0 Å². The molecule has 0 amide bonds. The minimum Gasteiger partial charge on any atom is -0.435 e. The van der Waals surface area contributed by atoms with Crippen LogP contribution >= 0.6 is 0 Å².